The second-order valence-electron chi connectivity index (χ2n) is 2.13. The van der Waals surface area contributed by atoms with Gasteiger partial charge in [0.1, 0.15) is 0 Å². The molecule has 0 rings (SSSR count). The van der Waals surface area contributed by atoms with E-state index in [1.807, 2.05) is 0 Å². The molecule has 11 heavy (non-hydrogen) atoms. The van der Waals surface area contributed by atoms with E-state index in [-0.39, 0.29) is 6.42 Å². The first-order chi connectivity index (χ1) is 4.89. The van der Waals surface area contributed by atoms with Gasteiger partial charge >= 0.3 is 5.97 Å². The molecule has 0 aromatic carbocycles. The van der Waals surface area contributed by atoms with Gasteiger partial charge in [-0.3, -0.25) is 9.35 Å². The van der Waals surface area contributed by atoms with Gasteiger partial charge < -0.3 is 5.11 Å². The first-order valence-corrected chi connectivity index (χ1v) is 4.59. The number of carboxylic acids is 1. The van der Waals surface area contributed by atoms with Crippen molar-refractivity contribution in [1.82, 2.24) is 0 Å². The lowest BCUT2D eigenvalue weighted by molar-refractivity contribution is -0.136. The molecule has 0 radical (unpaired) electrons. The Morgan fingerprint density at radius 2 is 2.00 bits per heavy atom. The molecular formula is C5H10O5S. The molecule has 1 atom stereocenters. The molecule has 1 unspecified atom stereocenters. The molecule has 5 nitrogen and oxygen atoms in total. The molecular weight excluding hydrogens is 172 g/mol. The number of aliphatic carboxylic acids is 1. The van der Waals surface area contributed by atoms with Gasteiger partial charge in [-0.25, -0.2) is 0 Å². The van der Waals surface area contributed by atoms with Crippen molar-refractivity contribution in [2.24, 2.45) is 0 Å². The maximum absolute atomic E-state index is 10.3. The fraction of sp³-hybridized carbons (Fsp3) is 0.800. The molecule has 0 aliphatic heterocycles. The van der Waals surface area contributed by atoms with Crippen LogP contribution < -0.4 is 0 Å². The molecule has 0 saturated heterocycles. The molecule has 0 aromatic rings. The van der Waals surface area contributed by atoms with Crippen LogP contribution in [0.2, 0.25) is 0 Å². The van der Waals surface area contributed by atoms with E-state index >= 15 is 0 Å². The van der Waals surface area contributed by atoms with E-state index in [0.717, 1.165) is 0 Å². The highest BCUT2D eigenvalue weighted by Crippen LogP contribution is 2.06. The third-order valence-electron chi connectivity index (χ3n) is 1.19. The van der Waals surface area contributed by atoms with Crippen LogP contribution >= 0.6 is 0 Å². The molecule has 66 valence electrons. The minimum absolute atomic E-state index is 0.0613. The first kappa shape index (κ1) is 10.4. The van der Waals surface area contributed by atoms with Crippen LogP contribution in [0.1, 0.15) is 19.8 Å². The molecule has 0 saturated carbocycles. The fourth-order valence-electron chi connectivity index (χ4n) is 0.662. The standard InChI is InChI=1S/C5H10O5S/c1-2-3-4(5(6)7)11(8,9)10/h4H,2-3H2,1H3,(H,6,7)(H,8,9,10). The van der Waals surface area contributed by atoms with Crippen molar-refractivity contribution in [2.45, 2.75) is 25.0 Å². The third kappa shape index (κ3) is 3.33. The summed E-state index contributed by atoms with van der Waals surface area (Å²) < 4.78 is 29.0. The van der Waals surface area contributed by atoms with Crippen molar-refractivity contribution < 1.29 is 22.9 Å². The second kappa shape index (κ2) is 3.68. The minimum atomic E-state index is -4.43. The second-order valence-corrected chi connectivity index (χ2v) is 3.73. The average Bonchev–Trinajstić information content (AvgIpc) is 1.79. The van der Waals surface area contributed by atoms with E-state index in [2.05, 4.69) is 0 Å². The molecule has 0 bridgehead atoms. The number of rotatable bonds is 4. The fourth-order valence-corrected chi connectivity index (χ4v) is 1.45. The van der Waals surface area contributed by atoms with Crippen molar-refractivity contribution in [1.29, 1.82) is 0 Å². The Morgan fingerprint density at radius 3 is 2.09 bits per heavy atom. The van der Waals surface area contributed by atoms with Crippen LogP contribution in [-0.2, 0) is 14.9 Å². The smallest absolute Gasteiger partial charge is 0.324 e. The Balaban J connectivity index is 4.49. The predicted molar refractivity (Wildman–Crippen MR) is 37.9 cm³/mol. The number of hydrogen-bond acceptors (Lipinski definition) is 3. The quantitative estimate of drug-likeness (QED) is 0.603. The summed E-state index contributed by atoms with van der Waals surface area (Å²) in [5.74, 6) is -1.51. The number of carbonyl (C=O) groups is 1. The van der Waals surface area contributed by atoms with Crippen LogP contribution in [-0.4, -0.2) is 29.3 Å². The Labute approximate surface area is 64.8 Å². The van der Waals surface area contributed by atoms with Gasteiger partial charge in [-0.1, -0.05) is 13.3 Å². The van der Waals surface area contributed by atoms with Crippen LogP contribution in [0.15, 0.2) is 0 Å². The normalized spacial score (nSPS) is 14.4. The van der Waals surface area contributed by atoms with E-state index in [4.69, 9.17) is 9.66 Å². The van der Waals surface area contributed by atoms with Gasteiger partial charge in [0, 0.05) is 0 Å². The molecule has 0 amide bonds. The highest BCUT2D eigenvalue weighted by Gasteiger charge is 2.29. The van der Waals surface area contributed by atoms with Gasteiger partial charge in [0.15, 0.2) is 5.25 Å². The third-order valence-corrected chi connectivity index (χ3v) is 2.34. The summed E-state index contributed by atoms with van der Waals surface area (Å²) in [6.45, 7) is 1.64. The van der Waals surface area contributed by atoms with Crippen molar-refractivity contribution >= 4 is 16.1 Å². The summed E-state index contributed by atoms with van der Waals surface area (Å²) in [5, 5.41) is 6.63. The van der Waals surface area contributed by atoms with E-state index in [0.29, 0.717) is 6.42 Å². The molecule has 0 aromatic heterocycles. The molecule has 6 heteroatoms. The number of carboxylic acid groups (broad SMARTS) is 1. The summed E-state index contributed by atoms with van der Waals surface area (Å²) in [7, 11) is -4.43. The molecule has 0 aliphatic carbocycles. The minimum Gasteiger partial charge on any atom is -0.480 e. The Bertz CT molecular complexity index is 229. The summed E-state index contributed by atoms with van der Waals surface area (Å²) >= 11 is 0. The van der Waals surface area contributed by atoms with Gasteiger partial charge in [0.25, 0.3) is 10.1 Å². The molecule has 2 N–H and O–H groups in total. The molecule has 0 fully saturated rings. The molecule has 0 spiro atoms. The maximum atomic E-state index is 10.3. The van der Waals surface area contributed by atoms with Crippen molar-refractivity contribution in [3.05, 3.63) is 0 Å². The highest BCUT2D eigenvalue weighted by atomic mass is 32.2. The van der Waals surface area contributed by atoms with Gasteiger partial charge in [-0.15, -0.1) is 0 Å². The lowest BCUT2D eigenvalue weighted by Crippen LogP contribution is -2.29. The Morgan fingerprint density at radius 1 is 1.55 bits per heavy atom. The van der Waals surface area contributed by atoms with E-state index < -0.39 is 21.3 Å². The topological polar surface area (TPSA) is 91.7 Å². The highest BCUT2D eigenvalue weighted by molar-refractivity contribution is 7.87. The zero-order chi connectivity index (χ0) is 9.07. The van der Waals surface area contributed by atoms with E-state index in [1.165, 1.54) is 0 Å². The zero-order valence-corrected chi connectivity index (χ0v) is 6.84. The first-order valence-electron chi connectivity index (χ1n) is 3.08. The Kier molecular flexibility index (Phi) is 3.47. The summed E-state index contributed by atoms with van der Waals surface area (Å²) in [6.07, 6.45) is 0.338. The average molecular weight is 182 g/mol. The van der Waals surface area contributed by atoms with E-state index in [1.54, 1.807) is 6.92 Å². The van der Waals surface area contributed by atoms with Crippen LogP contribution in [0.5, 0.6) is 0 Å². The molecule has 0 aliphatic rings. The lowest BCUT2D eigenvalue weighted by atomic mass is 10.2. The SMILES string of the molecule is CCCC(C(=O)O)S(=O)(=O)O. The van der Waals surface area contributed by atoms with Gasteiger partial charge in [0.05, 0.1) is 0 Å². The lowest BCUT2D eigenvalue weighted by Gasteiger charge is -2.05. The van der Waals surface area contributed by atoms with Crippen LogP contribution in [0, 0.1) is 0 Å². The van der Waals surface area contributed by atoms with Crippen LogP contribution in [0.3, 0.4) is 0 Å². The maximum Gasteiger partial charge on any atom is 0.324 e. The van der Waals surface area contributed by atoms with Gasteiger partial charge in [-0.2, -0.15) is 8.42 Å². The summed E-state index contributed by atoms with van der Waals surface area (Å²) in [6, 6.07) is 0. The monoisotopic (exact) mass is 182 g/mol. The van der Waals surface area contributed by atoms with Gasteiger partial charge in [-0.05, 0) is 6.42 Å². The number of hydrogen-bond donors (Lipinski definition) is 2. The van der Waals surface area contributed by atoms with Crippen molar-refractivity contribution in [3.8, 4) is 0 Å². The van der Waals surface area contributed by atoms with Crippen molar-refractivity contribution in [2.75, 3.05) is 0 Å². The Hall–Kier alpha value is -0.620. The van der Waals surface area contributed by atoms with Crippen LogP contribution in [0.25, 0.3) is 0 Å². The largest absolute Gasteiger partial charge is 0.480 e. The predicted octanol–water partition coefficient (Wildman–Crippen LogP) is 0.128. The van der Waals surface area contributed by atoms with Crippen LogP contribution in [0.4, 0.5) is 0 Å². The van der Waals surface area contributed by atoms with Gasteiger partial charge in [0.2, 0.25) is 0 Å². The summed E-state index contributed by atoms with van der Waals surface area (Å²) in [4.78, 5) is 10.2. The van der Waals surface area contributed by atoms with Crippen molar-refractivity contribution in [3.63, 3.8) is 0 Å². The van der Waals surface area contributed by atoms with E-state index in [9.17, 15) is 13.2 Å². The summed E-state index contributed by atoms with van der Waals surface area (Å²) in [5.41, 5.74) is 0. The zero-order valence-electron chi connectivity index (χ0n) is 6.02. The molecule has 0 heterocycles.